The number of halogens is 4. The molecule has 0 radical (unpaired) electrons. The first-order chi connectivity index (χ1) is 9.82. The number of fused-ring (bicyclic) bond motifs is 1. The van der Waals surface area contributed by atoms with Gasteiger partial charge in [-0.05, 0) is 36.1 Å². The Bertz CT molecular complexity index is 586. The molecule has 1 atom stereocenters. The maximum absolute atomic E-state index is 13.9. The van der Waals surface area contributed by atoms with Crippen molar-refractivity contribution in [2.75, 3.05) is 11.9 Å². The van der Waals surface area contributed by atoms with Crippen molar-refractivity contribution in [3.05, 3.63) is 28.8 Å². The molecule has 3 rings (SSSR count). The maximum Gasteiger partial charge on any atom is 0.400 e. The van der Waals surface area contributed by atoms with Crippen LogP contribution in [0.25, 0.3) is 0 Å². The molecule has 1 aromatic carbocycles. The molecule has 3 nitrogen and oxygen atoms in total. The SMILES string of the molecule is O=C1NCC(CC2CC2)(C(F)(F)F)c2cc(Cl)ccc2N1. The lowest BCUT2D eigenvalue weighted by atomic mass is 9.74. The molecule has 0 saturated heterocycles. The Labute approximate surface area is 124 Å². The van der Waals surface area contributed by atoms with Crippen molar-refractivity contribution in [3.8, 4) is 0 Å². The zero-order chi connectivity index (χ0) is 15.3. The summed E-state index contributed by atoms with van der Waals surface area (Å²) in [6, 6.07) is 3.60. The maximum atomic E-state index is 13.9. The first kappa shape index (κ1) is 14.5. The monoisotopic (exact) mass is 318 g/mol. The number of anilines is 1. The predicted octanol–water partition coefficient (Wildman–Crippen LogP) is 4.08. The van der Waals surface area contributed by atoms with Crippen LogP contribution in [0, 0.1) is 5.92 Å². The minimum absolute atomic E-state index is 0.0220. The second kappa shape index (κ2) is 4.80. The molecule has 1 aromatic rings. The molecule has 1 aliphatic heterocycles. The van der Waals surface area contributed by atoms with Crippen LogP contribution >= 0.6 is 11.6 Å². The van der Waals surface area contributed by atoms with Gasteiger partial charge in [0.05, 0.1) is 0 Å². The highest BCUT2D eigenvalue weighted by molar-refractivity contribution is 6.30. The summed E-state index contributed by atoms with van der Waals surface area (Å²) < 4.78 is 41.6. The Kier molecular flexibility index (Phi) is 3.31. The third-order valence-corrected chi connectivity index (χ3v) is 4.41. The molecule has 2 N–H and O–H groups in total. The van der Waals surface area contributed by atoms with E-state index >= 15 is 0 Å². The van der Waals surface area contributed by atoms with Crippen molar-refractivity contribution in [2.24, 2.45) is 5.92 Å². The standard InChI is InChI=1S/C14H14ClF3N2O/c15-9-3-4-11-10(5-9)13(14(16,17)18,6-8-1-2-8)7-19-12(21)20-11/h3-5,8H,1-2,6-7H2,(H2,19,20,21). The summed E-state index contributed by atoms with van der Waals surface area (Å²) in [5.74, 6) is 0.0495. The molecule has 0 aromatic heterocycles. The van der Waals surface area contributed by atoms with E-state index in [1.165, 1.54) is 18.2 Å². The number of nitrogens with one attached hydrogen (secondary N) is 2. The molecule has 21 heavy (non-hydrogen) atoms. The largest absolute Gasteiger partial charge is 0.400 e. The molecule has 1 aliphatic carbocycles. The van der Waals surface area contributed by atoms with E-state index in [-0.39, 0.29) is 28.6 Å². The van der Waals surface area contributed by atoms with Crippen LogP contribution in [0.5, 0.6) is 0 Å². The van der Waals surface area contributed by atoms with Gasteiger partial charge in [-0.1, -0.05) is 24.4 Å². The number of carbonyl (C=O) groups is 1. The molecule has 1 heterocycles. The Hall–Kier alpha value is -1.43. The fraction of sp³-hybridized carbons (Fsp3) is 0.500. The van der Waals surface area contributed by atoms with Crippen LogP contribution in [-0.4, -0.2) is 18.8 Å². The first-order valence-electron chi connectivity index (χ1n) is 6.73. The quantitative estimate of drug-likeness (QED) is 0.847. The molecular weight excluding hydrogens is 305 g/mol. The number of benzene rings is 1. The molecule has 7 heteroatoms. The van der Waals surface area contributed by atoms with Gasteiger partial charge in [0.15, 0.2) is 0 Å². The van der Waals surface area contributed by atoms with Gasteiger partial charge in [-0.3, -0.25) is 0 Å². The summed E-state index contributed by atoms with van der Waals surface area (Å²) in [6.45, 7) is -0.466. The van der Waals surface area contributed by atoms with Gasteiger partial charge in [0.25, 0.3) is 0 Å². The topological polar surface area (TPSA) is 41.1 Å². The number of alkyl halides is 3. The Morgan fingerprint density at radius 2 is 2.05 bits per heavy atom. The van der Waals surface area contributed by atoms with E-state index in [0.717, 1.165) is 12.8 Å². The van der Waals surface area contributed by atoms with Gasteiger partial charge in [-0.15, -0.1) is 0 Å². The van der Waals surface area contributed by atoms with E-state index in [9.17, 15) is 18.0 Å². The molecule has 114 valence electrons. The molecule has 1 unspecified atom stereocenters. The molecule has 1 saturated carbocycles. The zero-order valence-corrected chi connectivity index (χ0v) is 11.8. The number of hydrogen-bond donors (Lipinski definition) is 2. The third kappa shape index (κ3) is 2.57. The second-order valence-electron chi connectivity index (χ2n) is 5.72. The van der Waals surface area contributed by atoms with Crippen LogP contribution in [-0.2, 0) is 5.41 Å². The van der Waals surface area contributed by atoms with Crippen LogP contribution in [0.3, 0.4) is 0 Å². The molecular formula is C14H14ClF3N2O. The molecule has 2 amide bonds. The lowest BCUT2D eigenvalue weighted by Gasteiger charge is -2.36. The summed E-state index contributed by atoms with van der Waals surface area (Å²) in [5, 5.41) is 5.02. The minimum atomic E-state index is -4.46. The fourth-order valence-electron chi connectivity index (χ4n) is 2.88. The van der Waals surface area contributed by atoms with Gasteiger partial charge < -0.3 is 10.6 Å². The highest BCUT2D eigenvalue weighted by atomic mass is 35.5. The van der Waals surface area contributed by atoms with E-state index in [1.807, 2.05) is 0 Å². The van der Waals surface area contributed by atoms with E-state index in [0.29, 0.717) is 0 Å². The Balaban J connectivity index is 2.17. The summed E-state index contributed by atoms with van der Waals surface area (Å²) >= 11 is 5.90. The number of urea groups is 1. The molecule has 2 aliphatic rings. The lowest BCUT2D eigenvalue weighted by molar-refractivity contribution is -0.192. The zero-order valence-electron chi connectivity index (χ0n) is 11.1. The van der Waals surface area contributed by atoms with E-state index in [2.05, 4.69) is 10.6 Å². The van der Waals surface area contributed by atoms with E-state index in [4.69, 9.17) is 11.6 Å². The Morgan fingerprint density at radius 3 is 2.67 bits per heavy atom. The van der Waals surface area contributed by atoms with Gasteiger partial charge in [0.2, 0.25) is 0 Å². The summed E-state index contributed by atoms with van der Waals surface area (Å²) in [5.41, 5.74) is -1.87. The van der Waals surface area contributed by atoms with Gasteiger partial charge in [-0.2, -0.15) is 13.2 Å². The number of rotatable bonds is 2. The first-order valence-corrected chi connectivity index (χ1v) is 7.11. The van der Waals surface area contributed by atoms with Gasteiger partial charge in [-0.25, -0.2) is 4.79 Å². The van der Waals surface area contributed by atoms with Gasteiger partial charge in [0.1, 0.15) is 5.41 Å². The summed E-state index contributed by atoms with van der Waals surface area (Å²) in [4.78, 5) is 11.6. The van der Waals surface area contributed by atoms with Crippen molar-refractivity contribution in [1.29, 1.82) is 0 Å². The van der Waals surface area contributed by atoms with Crippen LogP contribution in [0.4, 0.5) is 23.7 Å². The van der Waals surface area contributed by atoms with Crippen LogP contribution in [0.15, 0.2) is 18.2 Å². The normalized spacial score (nSPS) is 25.6. The van der Waals surface area contributed by atoms with Crippen molar-refractivity contribution in [3.63, 3.8) is 0 Å². The average molecular weight is 319 g/mol. The van der Waals surface area contributed by atoms with E-state index in [1.54, 1.807) is 0 Å². The predicted molar refractivity (Wildman–Crippen MR) is 73.5 cm³/mol. The van der Waals surface area contributed by atoms with Crippen molar-refractivity contribution in [1.82, 2.24) is 5.32 Å². The molecule has 1 fully saturated rings. The second-order valence-corrected chi connectivity index (χ2v) is 6.16. The minimum Gasteiger partial charge on any atom is -0.337 e. The molecule has 0 bridgehead atoms. The number of hydrogen-bond acceptors (Lipinski definition) is 1. The Morgan fingerprint density at radius 1 is 1.33 bits per heavy atom. The average Bonchev–Trinajstić information content (AvgIpc) is 3.19. The van der Waals surface area contributed by atoms with Crippen LogP contribution in [0.2, 0.25) is 5.02 Å². The van der Waals surface area contributed by atoms with Gasteiger partial charge >= 0.3 is 12.2 Å². The highest BCUT2D eigenvalue weighted by Gasteiger charge is 2.59. The van der Waals surface area contributed by atoms with Gasteiger partial charge in [0, 0.05) is 17.3 Å². The van der Waals surface area contributed by atoms with E-state index < -0.39 is 24.2 Å². The molecule has 0 spiro atoms. The summed E-state index contributed by atoms with van der Waals surface area (Å²) in [6.07, 6.45) is -2.88. The van der Waals surface area contributed by atoms with Crippen molar-refractivity contribution >= 4 is 23.3 Å². The summed E-state index contributed by atoms with van der Waals surface area (Å²) in [7, 11) is 0. The highest BCUT2D eigenvalue weighted by Crippen LogP contribution is 2.52. The number of carbonyl (C=O) groups excluding carboxylic acids is 1. The van der Waals surface area contributed by atoms with Crippen molar-refractivity contribution in [2.45, 2.75) is 30.9 Å². The van der Waals surface area contributed by atoms with Crippen LogP contribution < -0.4 is 10.6 Å². The smallest absolute Gasteiger partial charge is 0.337 e. The third-order valence-electron chi connectivity index (χ3n) is 4.17. The number of amides is 2. The lowest BCUT2D eigenvalue weighted by Crippen LogP contribution is -2.50. The fourth-order valence-corrected chi connectivity index (χ4v) is 3.05. The van der Waals surface area contributed by atoms with Crippen LogP contribution in [0.1, 0.15) is 24.8 Å². The van der Waals surface area contributed by atoms with Crippen molar-refractivity contribution < 1.29 is 18.0 Å².